The molecular weight excluding hydrogens is 462 g/mol. The molecular formula is C28H24ClN3O3. The summed E-state index contributed by atoms with van der Waals surface area (Å²) in [6.45, 7) is 1.73. The number of amides is 2. The number of rotatable bonds is 7. The predicted octanol–water partition coefficient (Wildman–Crippen LogP) is 5.43. The van der Waals surface area contributed by atoms with Crippen molar-refractivity contribution < 1.29 is 14.7 Å². The molecule has 0 bridgehead atoms. The van der Waals surface area contributed by atoms with Crippen molar-refractivity contribution >= 4 is 29.1 Å². The molecule has 1 atom stereocenters. The molecule has 6 nitrogen and oxygen atoms in total. The van der Waals surface area contributed by atoms with Gasteiger partial charge in [0.15, 0.2) is 0 Å². The van der Waals surface area contributed by atoms with Crippen LogP contribution in [0.25, 0.3) is 11.3 Å². The zero-order valence-corrected chi connectivity index (χ0v) is 19.8. The second-order valence-corrected chi connectivity index (χ2v) is 8.42. The number of aliphatic hydroxyl groups excluding tert-OH is 1. The van der Waals surface area contributed by atoms with Gasteiger partial charge >= 0.3 is 0 Å². The molecule has 176 valence electrons. The molecule has 4 rings (SSSR count). The van der Waals surface area contributed by atoms with Crippen molar-refractivity contribution in [2.45, 2.75) is 13.0 Å². The van der Waals surface area contributed by atoms with Gasteiger partial charge < -0.3 is 15.7 Å². The van der Waals surface area contributed by atoms with Crippen LogP contribution in [0.1, 0.15) is 37.9 Å². The van der Waals surface area contributed by atoms with E-state index in [1.54, 1.807) is 6.20 Å². The molecule has 0 unspecified atom stereocenters. The van der Waals surface area contributed by atoms with Gasteiger partial charge in [0.25, 0.3) is 11.8 Å². The molecule has 0 radical (unpaired) electrons. The average Bonchev–Trinajstić information content (AvgIpc) is 2.89. The van der Waals surface area contributed by atoms with Crippen LogP contribution >= 0.6 is 11.6 Å². The minimum atomic E-state index is -0.555. The van der Waals surface area contributed by atoms with Gasteiger partial charge in [-0.2, -0.15) is 0 Å². The number of hydrogen-bond acceptors (Lipinski definition) is 4. The molecule has 1 heterocycles. The molecule has 0 aliphatic carbocycles. The van der Waals surface area contributed by atoms with Gasteiger partial charge in [-0.1, -0.05) is 54.1 Å². The van der Waals surface area contributed by atoms with Crippen molar-refractivity contribution in [3.05, 3.63) is 118 Å². The Hall–Kier alpha value is -4.00. The Labute approximate surface area is 208 Å². The third-order valence-electron chi connectivity index (χ3n) is 5.60. The Morgan fingerprint density at radius 1 is 0.943 bits per heavy atom. The van der Waals surface area contributed by atoms with E-state index in [0.717, 1.165) is 22.4 Å². The van der Waals surface area contributed by atoms with Crippen molar-refractivity contribution in [2.75, 3.05) is 11.9 Å². The lowest BCUT2D eigenvalue weighted by Gasteiger charge is -2.17. The summed E-state index contributed by atoms with van der Waals surface area (Å²) in [6, 6.07) is 24.4. The van der Waals surface area contributed by atoms with E-state index in [1.807, 2.05) is 73.7 Å². The number of aryl methyl sites for hydroxylation is 1. The van der Waals surface area contributed by atoms with E-state index < -0.39 is 17.9 Å². The largest absolute Gasteiger partial charge is 0.394 e. The summed E-state index contributed by atoms with van der Waals surface area (Å²) < 4.78 is 0. The summed E-state index contributed by atoms with van der Waals surface area (Å²) in [7, 11) is 0. The lowest BCUT2D eigenvalue weighted by Crippen LogP contribution is -2.30. The quantitative estimate of drug-likeness (QED) is 0.325. The molecule has 1 aromatic heterocycles. The number of nitrogens with one attached hydrogen (secondary N) is 2. The molecule has 2 amide bonds. The molecule has 0 saturated carbocycles. The molecule has 0 aliphatic heterocycles. The van der Waals surface area contributed by atoms with Crippen LogP contribution in [0.2, 0.25) is 5.02 Å². The highest BCUT2D eigenvalue weighted by Gasteiger charge is 2.18. The number of anilines is 1. The lowest BCUT2D eigenvalue weighted by atomic mass is 10.0. The maximum atomic E-state index is 12.9. The maximum absolute atomic E-state index is 12.9. The van der Waals surface area contributed by atoms with Gasteiger partial charge in [0.1, 0.15) is 0 Å². The third-order valence-corrected chi connectivity index (χ3v) is 5.91. The van der Waals surface area contributed by atoms with Gasteiger partial charge in [0, 0.05) is 23.0 Å². The minimum Gasteiger partial charge on any atom is -0.394 e. The van der Waals surface area contributed by atoms with Gasteiger partial charge in [0.05, 0.1) is 28.9 Å². The number of carbonyl (C=O) groups is 2. The number of hydrogen-bond donors (Lipinski definition) is 3. The molecule has 0 aliphatic rings. The van der Waals surface area contributed by atoms with E-state index in [-0.39, 0.29) is 22.8 Å². The standard InChI is InChI=1S/C28H24ClN3O3/c1-18-10-12-21(16-23(18)25-9-5-6-14-30-25)31-28(35)22-13-11-20(15-24(22)29)27(34)32-26(17-33)19-7-3-2-4-8-19/h2-16,26,33H,17H2,1H3,(H,31,35)(H,32,34)/t26-/m1/s1. The molecule has 3 N–H and O–H groups in total. The summed E-state index contributed by atoms with van der Waals surface area (Å²) in [5.41, 5.74) is 4.68. The van der Waals surface area contributed by atoms with E-state index >= 15 is 0 Å². The molecule has 0 spiro atoms. The van der Waals surface area contributed by atoms with E-state index in [4.69, 9.17) is 11.6 Å². The number of benzene rings is 3. The zero-order valence-electron chi connectivity index (χ0n) is 19.0. The highest BCUT2D eigenvalue weighted by atomic mass is 35.5. The van der Waals surface area contributed by atoms with Gasteiger partial charge in [-0.25, -0.2) is 0 Å². The number of pyridine rings is 1. The Morgan fingerprint density at radius 3 is 2.40 bits per heavy atom. The molecule has 7 heteroatoms. The fourth-order valence-corrected chi connectivity index (χ4v) is 3.96. The Balaban J connectivity index is 1.49. The second kappa shape index (κ2) is 11.0. The zero-order chi connectivity index (χ0) is 24.8. The third kappa shape index (κ3) is 5.74. The number of aliphatic hydroxyl groups is 1. The normalized spacial score (nSPS) is 11.5. The first-order chi connectivity index (χ1) is 17.0. The van der Waals surface area contributed by atoms with Crippen LogP contribution in [0.3, 0.4) is 0 Å². The summed E-state index contributed by atoms with van der Waals surface area (Å²) >= 11 is 6.37. The highest BCUT2D eigenvalue weighted by Crippen LogP contribution is 2.26. The van der Waals surface area contributed by atoms with Gasteiger partial charge in [-0.15, -0.1) is 0 Å². The van der Waals surface area contributed by atoms with Gasteiger partial charge in [-0.05, 0) is 60.5 Å². The van der Waals surface area contributed by atoms with Crippen molar-refractivity contribution in [2.24, 2.45) is 0 Å². The van der Waals surface area contributed by atoms with Gasteiger partial charge in [0.2, 0.25) is 0 Å². The second-order valence-electron chi connectivity index (χ2n) is 8.01. The van der Waals surface area contributed by atoms with Crippen molar-refractivity contribution in [1.29, 1.82) is 0 Å². The number of aromatic nitrogens is 1. The Morgan fingerprint density at radius 2 is 1.71 bits per heavy atom. The summed E-state index contributed by atoms with van der Waals surface area (Å²) in [4.78, 5) is 30.0. The number of carbonyl (C=O) groups excluding carboxylic acids is 2. The SMILES string of the molecule is Cc1ccc(NC(=O)c2ccc(C(=O)N[C@H](CO)c3ccccc3)cc2Cl)cc1-c1ccccn1. The number of nitrogens with zero attached hydrogens (tertiary/aromatic N) is 1. The van der Waals surface area contributed by atoms with Crippen molar-refractivity contribution in [1.82, 2.24) is 10.3 Å². The van der Waals surface area contributed by atoms with E-state index in [0.29, 0.717) is 5.69 Å². The van der Waals surface area contributed by atoms with Crippen molar-refractivity contribution in [3.8, 4) is 11.3 Å². The molecule has 3 aromatic carbocycles. The van der Waals surface area contributed by atoms with Crippen LogP contribution in [0, 0.1) is 6.92 Å². The van der Waals surface area contributed by atoms with Crippen LogP contribution in [0.4, 0.5) is 5.69 Å². The first kappa shape index (κ1) is 24.1. The minimum absolute atomic E-state index is 0.146. The Bertz CT molecular complexity index is 1340. The van der Waals surface area contributed by atoms with Crippen LogP contribution in [-0.4, -0.2) is 28.5 Å². The van der Waals surface area contributed by atoms with Crippen LogP contribution < -0.4 is 10.6 Å². The lowest BCUT2D eigenvalue weighted by molar-refractivity contribution is 0.0915. The monoisotopic (exact) mass is 485 g/mol. The van der Waals surface area contributed by atoms with Crippen LogP contribution in [0.5, 0.6) is 0 Å². The predicted molar refractivity (Wildman–Crippen MR) is 138 cm³/mol. The fraction of sp³-hybridized carbons (Fsp3) is 0.107. The maximum Gasteiger partial charge on any atom is 0.257 e. The Kier molecular flexibility index (Phi) is 7.55. The molecule has 0 saturated heterocycles. The van der Waals surface area contributed by atoms with E-state index in [1.165, 1.54) is 18.2 Å². The summed E-state index contributed by atoms with van der Waals surface area (Å²) in [5.74, 6) is -0.796. The van der Waals surface area contributed by atoms with Crippen LogP contribution in [-0.2, 0) is 0 Å². The molecule has 0 fully saturated rings. The van der Waals surface area contributed by atoms with Gasteiger partial charge in [-0.3, -0.25) is 14.6 Å². The number of halogens is 1. The highest BCUT2D eigenvalue weighted by molar-refractivity contribution is 6.34. The first-order valence-electron chi connectivity index (χ1n) is 11.1. The van der Waals surface area contributed by atoms with Crippen molar-refractivity contribution in [3.63, 3.8) is 0 Å². The smallest absolute Gasteiger partial charge is 0.257 e. The first-order valence-corrected chi connectivity index (χ1v) is 11.4. The summed E-state index contributed by atoms with van der Waals surface area (Å²) in [6.07, 6.45) is 1.72. The van der Waals surface area contributed by atoms with E-state index in [2.05, 4.69) is 15.6 Å². The molecule has 4 aromatic rings. The average molecular weight is 486 g/mol. The topological polar surface area (TPSA) is 91.3 Å². The van der Waals surface area contributed by atoms with E-state index in [9.17, 15) is 14.7 Å². The summed E-state index contributed by atoms with van der Waals surface area (Å²) in [5, 5.41) is 15.5. The molecule has 35 heavy (non-hydrogen) atoms. The van der Waals surface area contributed by atoms with Crippen LogP contribution in [0.15, 0.2) is 91.1 Å². The fourth-order valence-electron chi connectivity index (χ4n) is 3.70.